The molecule has 96 valence electrons. The van der Waals surface area contributed by atoms with Gasteiger partial charge in [-0.2, -0.15) is 0 Å². The third-order valence-corrected chi connectivity index (χ3v) is 4.34. The standard InChI is InChI=1S/C13H10ClN3OS/c14-11-5-6-12(17-16-11)15-13(18)10-7-8-3-1-2-4-9(8)19-10/h1-6,10H,7H2,(H,15,17,18). The minimum absolute atomic E-state index is 0.0576. The number of nitrogens with one attached hydrogen (secondary N) is 1. The molecule has 0 saturated heterocycles. The molecule has 3 rings (SSSR count). The maximum Gasteiger partial charge on any atom is 0.239 e. The monoisotopic (exact) mass is 291 g/mol. The second kappa shape index (κ2) is 5.19. The first-order chi connectivity index (χ1) is 9.22. The van der Waals surface area contributed by atoms with E-state index in [4.69, 9.17) is 11.6 Å². The first-order valence-electron chi connectivity index (χ1n) is 5.77. The second-order valence-electron chi connectivity index (χ2n) is 4.15. The molecule has 1 amide bonds. The molecular weight excluding hydrogens is 282 g/mol. The molecule has 4 nitrogen and oxygen atoms in total. The molecule has 6 heteroatoms. The smallest absolute Gasteiger partial charge is 0.239 e. The molecule has 1 aromatic heterocycles. The Morgan fingerprint density at radius 1 is 1.26 bits per heavy atom. The van der Waals surface area contributed by atoms with Crippen molar-refractivity contribution >= 4 is 35.1 Å². The summed E-state index contributed by atoms with van der Waals surface area (Å²) in [4.78, 5) is 13.3. The van der Waals surface area contributed by atoms with Crippen molar-refractivity contribution in [2.45, 2.75) is 16.6 Å². The number of carbonyl (C=O) groups excluding carboxylic acids is 1. The minimum atomic E-state index is -0.116. The van der Waals surface area contributed by atoms with Crippen LogP contribution < -0.4 is 5.32 Å². The van der Waals surface area contributed by atoms with E-state index in [2.05, 4.69) is 21.6 Å². The van der Waals surface area contributed by atoms with Gasteiger partial charge >= 0.3 is 0 Å². The van der Waals surface area contributed by atoms with Crippen LogP contribution in [0, 0.1) is 0 Å². The lowest BCUT2D eigenvalue weighted by Crippen LogP contribution is -2.25. The summed E-state index contributed by atoms with van der Waals surface area (Å²) >= 11 is 7.23. The van der Waals surface area contributed by atoms with Crippen LogP contribution in [0.25, 0.3) is 0 Å². The highest BCUT2D eigenvalue weighted by Crippen LogP contribution is 2.37. The molecular formula is C13H10ClN3OS. The molecule has 1 aromatic carbocycles. The van der Waals surface area contributed by atoms with Crippen molar-refractivity contribution < 1.29 is 4.79 Å². The van der Waals surface area contributed by atoms with Gasteiger partial charge in [0, 0.05) is 4.90 Å². The first kappa shape index (κ1) is 12.4. The van der Waals surface area contributed by atoms with E-state index in [0.717, 1.165) is 6.42 Å². The Balaban J connectivity index is 1.68. The van der Waals surface area contributed by atoms with Gasteiger partial charge < -0.3 is 5.32 Å². The van der Waals surface area contributed by atoms with E-state index in [1.807, 2.05) is 18.2 Å². The summed E-state index contributed by atoms with van der Waals surface area (Å²) in [7, 11) is 0. The van der Waals surface area contributed by atoms with Crippen LogP contribution in [0.4, 0.5) is 5.82 Å². The SMILES string of the molecule is O=C(Nc1ccc(Cl)nn1)C1Cc2ccccc2S1. The van der Waals surface area contributed by atoms with E-state index >= 15 is 0 Å². The molecule has 0 spiro atoms. The molecule has 2 heterocycles. The third kappa shape index (κ3) is 2.72. The van der Waals surface area contributed by atoms with Crippen LogP contribution in [0.3, 0.4) is 0 Å². The number of hydrogen-bond donors (Lipinski definition) is 1. The van der Waals surface area contributed by atoms with Crippen LogP contribution in [-0.2, 0) is 11.2 Å². The van der Waals surface area contributed by atoms with Crippen LogP contribution in [0.2, 0.25) is 5.15 Å². The Morgan fingerprint density at radius 2 is 2.11 bits per heavy atom. The highest BCUT2D eigenvalue weighted by Gasteiger charge is 2.28. The van der Waals surface area contributed by atoms with Crippen LogP contribution in [0.1, 0.15) is 5.56 Å². The highest BCUT2D eigenvalue weighted by molar-refractivity contribution is 8.01. The molecule has 0 saturated carbocycles. The summed E-state index contributed by atoms with van der Waals surface area (Å²) in [6, 6.07) is 11.3. The Kier molecular flexibility index (Phi) is 3.40. The average molecular weight is 292 g/mol. The number of amides is 1. The number of carbonyl (C=O) groups is 1. The number of halogens is 1. The van der Waals surface area contributed by atoms with Crippen LogP contribution >= 0.6 is 23.4 Å². The number of hydrogen-bond acceptors (Lipinski definition) is 4. The van der Waals surface area contributed by atoms with Crippen LogP contribution in [0.5, 0.6) is 0 Å². The van der Waals surface area contributed by atoms with Gasteiger partial charge in [0.05, 0.1) is 5.25 Å². The van der Waals surface area contributed by atoms with E-state index in [9.17, 15) is 4.79 Å². The lowest BCUT2D eigenvalue weighted by molar-refractivity contribution is -0.115. The van der Waals surface area contributed by atoms with E-state index < -0.39 is 0 Å². The number of anilines is 1. The summed E-state index contributed by atoms with van der Waals surface area (Å²) in [5.74, 6) is 0.365. The minimum Gasteiger partial charge on any atom is -0.308 e. The maximum absolute atomic E-state index is 12.1. The van der Waals surface area contributed by atoms with Gasteiger partial charge in [-0.1, -0.05) is 29.8 Å². The van der Waals surface area contributed by atoms with Crippen molar-refractivity contribution in [3.8, 4) is 0 Å². The van der Waals surface area contributed by atoms with E-state index in [1.165, 1.54) is 10.5 Å². The molecule has 19 heavy (non-hydrogen) atoms. The number of thioether (sulfide) groups is 1. The zero-order valence-corrected chi connectivity index (χ0v) is 11.4. The van der Waals surface area contributed by atoms with Crippen LogP contribution in [0.15, 0.2) is 41.3 Å². The van der Waals surface area contributed by atoms with Crippen molar-refractivity contribution in [1.29, 1.82) is 0 Å². The van der Waals surface area contributed by atoms with Gasteiger partial charge in [-0.25, -0.2) is 0 Å². The number of benzene rings is 1. The average Bonchev–Trinajstić information content (AvgIpc) is 2.85. The summed E-state index contributed by atoms with van der Waals surface area (Å²) in [6.45, 7) is 0. The van der Waals surface area contributed by atoms with Gasteiger partial charge in [-0.05, 0) is 30.2 Å². The molecule has 1 aliphatic rings. The van der Waals surface area contributed by atoms with Crippen molar-refractivity contribution in [2.75, 3.05) is 5.32 Å². The quantitative estimate of drug-likeness (QED) is 0.924. The van der Waals surface area contributed by atoms with Gasteiger partial charge in [0.1, 0.15) is 0 Å². The summed E-state index contributed by atoms with van der Waals surface area (Å²) < 4.78 is 0. The predicted octanol–water partition coefficient (Wildman–Crippen LogP) is 2.79. The van der Waals surface area contributed by atoms with Crippen molar-refractivity contribution in [2.24, 2.45) is 0 Å². The topological polar surface area (TPSA) is 54.9 Å². The molecule has 1 aliphatic heterocycles. The molecule has 1 unspecified atom stereocenters. The fraction of sp³-hybridized carbons (Fsp3) is 0.154. The molecule has 0 aliphatic carbocycles. The van der Waals surface area contributed by atoms with Crippen molar-refractivity contribution in [3.05, 3.63) is 47.1 Å². The van der Waals surface area contributed by atoms with Crippen LogP contribution in [-0.4, -0.2) is 21.4 Å². The number of fused-ring (bicyclic) bond motifs is 1. The normalized spacial score (nSPS) is 17.0. The second-order valence-corrected chi connectivity index (χ2v) is 5.78. The van der Waals surface area contributed by atoms with Crippen molar-refractivity contribution in [1.82, 2.24) is 10.2 Å². The molecule has 2 aromatic rings. The Bertz CT molecular complexity index is 593. The van der Waals surface area contributed by atoms with E-state index in [1.54, 1.807) is 23.9 Å². The Morgan fingerprint density at radius 3 is 2.84 bits per heavy atom. The zero-order valence-electron chi connectivity index (χ0n) is 9.84. The Hall–Kier alpha value is -1.59. The zero-order chi connectivity index (χ0) is 13.2. The van der Waals surface area contributed by atoms with E-state index in [-0.39, 0.29) is 11.2 Å². The van der Waals surface area contributed by atoms with Gasteiger partial charge in [-0.3, -0.25) is 4.79 Å². The molecule has 1 atom stereocenters. The summed E-state index contributed by atoms with van der Waals surface area (Å²) in [5.41, 5.74) is 1.22. The van der Waals surface area contributed by atoms with Crippen molar-refractivity contribution in [3.63, 3.8) is 0 Å². The number of aromatic nitrogens is 2. The third-order valence-electron chi connectivity index (χ3n) is 2.82. The highest BCUT2D eigenvalue weighted by atomic mass is 35.5. The Labute approximate surface area is 119 Å². The van der Waals surface area contributed by atoms with Gasteiger partial charge in [-0.15, -0.1) is 22.0 Å². The first-order valence-corrected chi connectivity index (χ1v) is 7.03. The lowest BCUT2D eigenvalue weighted by atomic mass is 10.1. The van der Waals surface area contributed by atoms with Gasteiger partial charge in [0.25, 0.3) is 0 Å². The van der Waals surface area contributed by atoms with Gasteiger partial charge in [0.2, 0.25) is 5.91 Å². The largest absolute Gasteiger partial charge is 0.308 e. The van der Waals surface area contributed by atoms with E-state index in [0.29, 0.717) is 11.0 Å². The fourth-order valence-electron chi connectivity index (χ4n) is 1.92. The predicted molar refractivity (Wildman–Crippen MR) is 75.5 cm³/mol. The molecule has 1 N–H and O–H groups in total. The molecule has 0 bridgehead atoms. The summed E-state index contributed by atoms with van der Waals surface area (Å²) in [5, 5.41) is 10.5. The number of rotatable bonds is 2. The maximum atomic E-state index is 12.1. The molecule has 0 radical (unpaired) electrons. The number of nitrogens with zero attached hydrogens (tertiary/aromatic N) is 2. The fourth-order valence-corrected chi connectivity index (χ4v) is 3.21. The summed E-state index contributed by atoms with van der Waals surface area (Å²) in [6.07, 6.45) is 0.744. The lowest BCUT2D eigenvalue weighted by Gasteiger charge is -2.08. The van der Waals surface area contributed by atoms with Gasteiger partial charge in [0.15, 0.2) is 11.0 Å². The molecule has 0 fully saturated rings.